The molecule has 1 heterocycles. The van der Waals surface area contributed by atoms with Crippen LogP contribution in [-0.2, 0) is 4.74 Å². The monoisotopic (exact) mass is 354 g/mol. The maximum absolute atomic E-state index is 7.86. The highest BCUT2D eigenvalue weighted by Crippen LogP contribution is 2.17. The van der Waals surface area contributed by atoms with Gasteiger partial charge in [0.05, 0.1) is 25.8 Å². The van der Waals surface area contributed by atoms with Gasteiger partial charge in [0.2, 0.25) is 0 Å². The first kappa shape index (κ1) is 20.1. The molecule has 1 saturated heterocycles. The second-order valence-electron chi connectivity index (χ2n) is 6.59. The fourth-order valence-electron chi connectivity index (χ4n) is 3.10. The van der Waals surface area contributed by atoms with Crippen molar-refractivity contribution >= 4 is 17.1 Å². The smallest absolute Gasteiger partial charge is 0.0594 e. The number of nitrogen functional groups attached to an aromatic ring is 1. The number of nitrogens with two attached hydrogens (primary N) is 1. The highest BCUT2D eigenvalue weighted by Gasteiger charge is 2.22. The molecule has 0 aliphatic carbocycles. The number of anilines is 1. The molecule has 1 atom stereocenters. The summed E-state index contributed by atoms with van der Waals surface area (Å²) in [5, 5.41) is 7.86. The first-order valence-corrected chi connectivity index (χ1v) is 9.03. The molecule has 0 spiro atoms. The van der Waals surface area contributed by atoms with Crippen molar-refractivity contribution in [2.45, 2.75) is 26.8 Å². The Bertz CT molecular complexity index is 715. The van der Waals surface area contributed by atoms with Gasteiger partial charge in [-0.25, -0.2) is 0 Å². The Hall–Kier alpha value is -2.24. The molecule has 0 aromatic heterocycles. The van der Waals surface area contributed by atoms with E-state index in [0.29, 0.717) is 17.9 Å². The number of aliphatic imine (C=N–C) groups is 1. The van der Waals surface area contributed by atoms with E-state index in [1.165, 1.54) is 0 Å². The Morgan fingerprint density at radius 2 is 2.08 bits per heavy atom. The van der Waals surface area contributed by atoms with Crippen LogP contribution in [0.15, 0.2) is 47.5 Å². The van der Waals surface area contributed by atoms with Crippen molar-refractivity contribution in [3.8, 4) is 0 Å². The third kappa shape index (κ3) is 5.13. The molecular weight excluding hydrogens is 324 g/mol. The van der Waals surface area contributed by atoms with Crippen LogP contribution in [0.4, 0.5) is 5.69 Å². The summed E-state index contributed by atoms with van der Waals surface area (Å²) >= 11 is 0. The van der Waals surface area contributed by atoms with Crippen molar-refractivity contribution in [3.05, 3.63) is 53.6 Å². The lowest BCUT2D eigenvalue weighted by Crippen LogP contribution is -2.45. The van der Waals surface area contributed by atoms with Gasteiger partial charge in [0.25, 0.3) is 0 Å². The molecule has 1 unspecified atom stereocenters. The van der Waals surface area contributed by atoms with E-state index in [-0.39, 0.29) is 6.04 Å². The van der Waals surface area contributed by atoms with Gasteiger partial charge in [-0.3, -0.25) is 9.89 Å². The molecule has 0 amide bonds. The summed E-state index contributed by atoms with van der Waals surface area (Å²) in [6.45, 7) is 13.9. The van der Waals surface area contributed by atoms with E-state index in [1.54, 1.807) is 6.92 Å². The number of hydrogen-bond acceptors (Lipinski definition) is 5. The third-order valence-corrected chi connectivity index (χ3v) is 4.67. The minimum absolute atomic E-state index is 0.169. The lowest BCUT2D eigenvalue weighted by Gasteiger charge is -2.34. The van der Waals surface area contributed by atoms with Crippen LogP contribution < -0.4 is 5.73 Å². The molecule has 5 nitrogen and oxygen atoms in total. The van der Waals surface area contributed by atoms with E-state index in [1.807, 2.05) is 38.1 Å². The second-order valence-corrected chi connectivity index (χ2v) is 6.59. The number of benzene rings is 1. The largest absolute Gasteiger partial charge is 0.398 e. The van der Waals surface area contributed by atoms with E-state index < -0.39 is 0 Å². The van der Waals surface area contributed by atoms with Gasteiger partial charge in [0.1, 0.15) is 0 Å². The standard InChI is InChI=1S/C21H30N4O/c1-5-6-15(2)21(25-9-11-26-12-10-25)14-24-17(4)18-7-8-20(23)19(13-18)16(3)22/h5-8,13,21-22H,2,9-12,14,23H2,1,3-4H3. The Morgan fingerprint density at radius 1 is 1.38 bits per heavy atom. The van der Waals surface area contributed by atoms with E-state index in [4.69, 9.17) is 20.9 Å². The highest BCUT2D eigenvalue weighted by molar-refractivity contribution is 6.05. The minimum Gasteiger partial charge on any atom is -0.398 e. The number of morpholine rings is 1. The predicted molar refractivity (Wildman–Crippen MR) is 111 cm³/mol. The zero-order valence-electron chi connectivity index (χ0n) is 16.1. The number of allylic oxidation sites excluding steroid dienone is 1. The number of hydrogen-bond donors (Lipinski definition) is 2. The quantitative estimate of drug-likeness (QED) is 0.448. The summed E-state index contributed by atoms with van der Waals surface area (Å²) in [5.74, 6) is 0. The van der Waals surface area contributed by atoms with Crippen molar-refractivity contribution < 1.29 is 4.74 Å². The Labute approximate surface area is 156 Å². The van der Waals surface area contributed by atoms with E-state index in [2.05, 4.69) is 17.6 Å². The summed E-state index contributed by atoms with van der Waals surface area (Å²) in [7, 11) is 0. The number of ether oxygens (including phenoxy) is 1. The van der Waals surface area contributed by atoms with Gasteiger partial charge in [-0.05, 0) is 44.0 Å². The SMILES string of the molecule is C=C(C=CC)C(CN=C(C)c1ccc(N)c(C(C)=N)c1)N1CCOCC1. The van der Waals surface area contributed by atoms with Crippen molar-refractivity contribution in [2.75, 3.05) is 38.6 Å². The zero-order valence-corrected chi connectivity index (χ0v) is 16.1. The molecule has 1 aromatic rings. The summed E-state index contributed by atoms with van der Waals surface area (Å²) in [6, 6.07) is 5.93. The van der Waals surface area contributed by atoms with Crippen molar-refractivity contribution in [2.24, 2.45) is 4.99 Å². The fraction of sp³-hybridized carbons (Fsp3) is 0.429. The fourth-order valence-corrected chi connectivity index (χ4v) is 3.10. The Kier molecular flexibility index (Phi) is 7.30. The molecule has 1 aromatic carbocycles. The number of nitrogens with one attached hydrogen (secondary N) is 1. The van der Waals surface area contributed by atoms with Crippen LogP contribution in [0.1, 0.15) is 31.9 Å². The van der Waals surface area contributed by atoms with Crippen LogP contribution in [0.2, 0.25) is 0 Å². The molecule has 5 heteroatoms. The van der Waals surface area contributed by atoms with Crippen molar-refractivity contribution in [3.63, 3.8) is 0 Å². The van der Waals surface area contributed by atoms with Crippen molar-refractivity contribution in [1.29, 1.82) is 5.41 Å². The lowest BCUT2D eigenvalue weighted by molar-refractivity contribution is 0.0259. The van der Waals surface area contributed by atoms with Crippen LogP contribution in [-0.4, -0.2) is 55.2 Å². The summed E-state index contributed by atoms with van der Waals surface area (Å²) in [5.41, 5.74) is 10.8. The Balaban J connectivity index is 2.20. The van der Waals surface area contributed by atoms with Gasteiger partial charge in [-0.15, -0.1) is 0 Å². The van der Waals surface area contributed by atoms with Crippen LogP contribution in [0.5, 0.6) is 0 Å². The van der Waals surface area contributed by atoms with Gasteiger partial charge in [0, 0.05) is 35.8 Å². The van der Waals surface area contributed by atoms with Crippen LogP contribution in [0.25, 0.3) is 0 Å². The second kappa shape index (κ2) is 9.46. The lowest BCUT2D eigenvalue weighted by atomic mass is 10.0. The van der Waals surface area contributed by atoms with Crippen LogP contribution in [0, 0.1) is 5.41 Å². The number of nitrogens with zero attached hydrogens (tertiary/aromatic N) is 2. The average molecular weight is 354 g/mol. The highest BCUT2D eigenvalue weighted by atomic mass is 16.5. The molecule has 0 radical (unpaired) electrons. The molecule has 1 aliphatic rings. The van der Waals surface area contributed by atoms with E-state index in [0.717, 1.165) is 48.7 Å². The van der Waals surface area contributed by atoms with Crippen LogP contribution >= 0.6 is 0 Å². The Morgan fingerprint density at radius 3 is 2.69 bits per heavy atom. The van der Waals surface area contributed by atoms with Gasteiger partial charge < -0.3 is 15.9 Å². The average Bonchev–Trinajstić information content (AvgIpc) is 2.63. The predicted octanol–water partition coefficient (Wildman–Crippen LogP) is 3.30. The first-order valence-electron chi connectivity index (χ1n) is 9.03. The molecule has 1 fully saturated rings. The third-order valence-electron chi connectivity index (χ3n) is 4.67. The maximum Gasteiger partial charge on any atom is 0.0594 e. The van der Waals surface area contributed by atoms with Gasteiger partial charge >= 0.3 is 0 Å². The molecular formula is C21H30N4O. The van der Waals surface area contributed by atoms with E-state index >= 15 is 0 Å². The number of rotatable bonds is 7. The summed E-state index contributed by atoms with van der Waals surface area (Å²) in [6.07, 6.45) is 4.08. The van der Waals surface area contributed by atoms with E-state index in [9.17, 15) is 0 Å². The van der Waals surface area contributed by atoms with Gasteiger partial charge in [0.15, 0.2) is 0 Å². The summed E-state index contributed by atoms with van der Waals surface area (Å²) in [4.78, 5) is 7.22. The minimum atomic E-state index is 0.169. The molecule has 26 heavy (non-hydrogen) atoms. The zero-order chi connectivity index (χ0) is 19.1. The molecule has 0 saturated carbocycles. The molecule has 0 bridgehead atoms. The normalized spacial score (nSPS) is 17.4. The molecule has 1 aliphatic heterocycles. The maximum atomic E-state index is 7.86. The molecule has 3 N–H and O–H groups in total. The topological polar surface area (TPSA) is 74.7 Å². The first-order chi connectivity index (χ1) is 12.4. The molecule has 140 valence electrons. The van der Waals surface area contributed by atoms with Gasteiger partial charge in [-0.1, -0.05) is 24.8 Å². The van der Waals surface area contributed by atoms with Crippen molar-refractivity contribution in [1.82, 2.24) is 4.90 Å². The summed E-state index contributed by atoms with van der Waals surface area (Å²) < 4.78 is 5.47. The molecule has 2 rings (SSSR count). The van der Waals surface area contributed by atoms with Gasteiger partial charge in [-0.2, -0.15) is 0 Å². The van der Waals surface area contributed by atoms with Crippen LogP contribution in [0.3, 0.4) is 0 Å².